The quantitative estimate of drug-likeness (QED) is 0.737. The first-order valence-corrected chi connectivity index (χ1v) is 10.5. The summed E-state index contributed by atoms with van der Waals surface area (Å²) in [6.45, 7) is 3.31. The van der Waals surface area contributed by atoms with E-state index in [1.807, 2.05) is 6.92 Å². The van der Waals surface area contributed by atoms with Crippen molar-refractivity contribution in [1.29, 1.82) is 0 Å². The van der Waals surface area contributed by atoms with E-state index in [9.17, 15) is 13.2 Å². The molecule has 26 heavy (non-hydrogen) atoms. The van der Waals surface area contributed by atoms with Crippen LogP contribution in [0.2, 0.25) is 15.1 Å². The first-order chi connectivity index (χ1) is 12.0. The predicted molar refractivity (Wildman–Crippen MR) is 108 cm³/mol. The normalized spacial score (nSPS) is 12.5. The van der Waals surface area contributed by atoms with Crippen molar-refractivity contribution in [2.75, 3.05) is 15.9 Å². The zero-order chi connectivity index (χ0) is 19.6. The number of amides is 1. The Hall–Kier alpha value is -1.47. The molecule has 0 aliphatic rings. The highest BCUT2D eigenvalue weighted by molar-refractivity contribution is 7.92. The number of hydrogen-bond acceptors (Lipinski definition) is 3. The summed E-state index contributed by atoms with van der Waals surface area (Å²) in [5.74, 6) is -0.522. The van der Waals surface area contributed by atoms with Crippen molar-refractivity contribution < 1.29 is 13.2 Å². The Kier molecular flexibility index (Phi) is 6.45. The lowest BCUT2D eigenvalue weighted by atomic mass is 10.2. The second-order valence-corrected chi connectivity index (χ2v) is 8.96. The fraction of sp³-hybridized carbons (Fsp3) is 0.235. The van der Waals surface area contributed by atoms with Crippen LogP contribution in [0.1, 0.15) is 12.5 Å². The highest BCUT2D eigenvalue weighted by Gasteiger charge is 2.29. The molecule has 0 radical (unpaired) electrons. The Morgan fingerprint density at radius 2 is 1.65 bits per heavy atom. The maximum Gasteiger partial charge on any atom is 0.247 e. The van der Waals surface area contributed by atoms with Crippen molar-refractivity contribution >= 4 is 62.1 Å². The molecule has 0 fully saturated rings. The Labute approximate surface area is 167 Å². The largest absolute Gasteiger partial charge is 0.324 e. The molecule has 5 nitrogen and oxygen atoms in total. The molecule has 0 bridgehead atoms. The first kappa shape index (κ1) is 20.8. The topological polar surface area (TPSA) is 66.5 Å². The van der Waals surface area contributed by atoms with Gasteiger partial charge < -0.3 is 5.32 Å². The molecule has 0 aromatic heterocycles. The van der Waals surface area contributed by atoms with E-state index < -0.39 is 22.0 Å². The zero-order valence-corrected chi connectivity index (χ0v) is 17.3. The van der Waals surface area contributed by atoms with Gasteiger partial charge in [-0.3, -0.25) is 9.10 Å². The average Bonchev–Trinajstić information content (AvgIpc) is 2.48. The third-order valence-electron chi connectivity index (χ3n) is 3.63. The van der Waals surface area contributed by atoms with Gasteiger partial charge in [0.05, 0.1) is 11.9 Å². The van der Waals surface area contributed by atoms with Gasteiger partial charge in [-0.05, 0) is 49.7 Å². The maximum atomic E-state index is 12.6. The van der Waals surface area contributed by atoms with Crippen LogP contribution in [-0.4, -0.2) is 26.6 Å². The Balaban J connectivity index is 2.35. The van der Waals surface area contributed by atoms with Crippen LogP contribution in [0.15, 0.2) is 36.4 Å². The van der Waals surface area contributed by atoms with Gasteiger partial charge in [0.25, 0.3) is 0 Å². The monoisotopic (exact) mass is 434 g/mol. The van der Waals surface area contributed by atoms with Crippen LogP contribution < -0.4 is 9.62 Å². The van der Waals surface area contributed by atoms with Crippen LogP contribution >= 0.6 is 34.8 Å². The van der Waals surface area contributed by atoms with E-state index in [2.05, 4.69) is 5.32 Å². The van der Waals surface area contributed by atoms with Crippen molar-refractivity contribution in [3.8, 4) is 0 Å². The van der Waals surface area contributed by atoms with Gasteiger partial charge in [0.2, 0.25) is 15.9 Å². The number of halogens is 3. The smallest absolute Gasteiger partial charge is 0.247 e. The Morgan fingerprint density at radius 1 is 1.08 bits per heavy atom. The molecule has 0 aliphatic heterocycles. The summed E-state index contributed by atoms with van der Waals surface area (Å²) in [4.78, 5) is 12.6. The van der Waals surface area contributed by atoms with E-state index in [4.69, 9.17) is 34.8 Å². The molecule has 1 atom stereocenters. The van der Waals surface area contributed by atoms with E-state index in [1.54, 1.807) is 18.2 Å². The summed E-state index contributed by atoms with van der Waals surface area (Å²) in [5.41, 5.74) is 1.54. The number of nitrogens with zero attached hydrogens (tertiary/aromatic N) is 1. The number of benzene rings is 2. The number of carbonyl (C=O) groups is 1. The second kappa shape index (κ2) is 8.05. The minimum atomic E-state index is -3.77. The van der Waals surface area contributed by atoms with Crippen LogP contribution in [0, 0.1) is 6.92 Å². The predicted octanol–water partition coefficient (Wildman–Crippen LogP) is 4.75. The lowest BCUT2D eigenvalue weighted by molar-refractivity contribution is -0.116. The molecule has 2 aromatic carbocycles. The van der Waals surface area contributed by atoms with Gasteiger partial charge in [0.15, 0.2) is 0 Å². The van der Waals surface area contributed by atoms with Crippen LogP contribution in [0.25, 0.3) is 0 Å². The summed E-state index contributed by atoms with van der Waals surface area (Å²) in [6, 6.07) is 8.34. The van der Waals surface area contributed by atoms with Crippen LogP contribution in [-0.2, 0) is 14.8 Å². The molecule has 0 heterocycles. The van der Waals surface area contributed by atoms with Gasteiger partial charge in [0.1, 0.15) is 6.04 Å². The summed E-state index contributed by atoms with van der Waals surface area (Å²) in [6.07, 6.45) is 1.01. The van der Waals surface area contributed by atoms with Crippen molar-refractivity contribution in [3.05, 3.63) is 57.0 Å². The van der Waals surface area contributed by atoms with Gasteiger partial charge in [-0.1, -0.05) is 40.9 Å². The fourth-order valence-electron chi connectivity index (χ4n) is 2.39. The molecule has 0 unspecified atom stereocenters. The van der Waals surface area contributed by atoms with Gasteiger partial charge in [0, 0.05) is 20.8 Å². The maximum absolute atomic E-state index is 12.6. The van der Waals surface area contributed by atoms with Gasteiger partial charge in [-0.15, -0.1) is 0 Å². The molecule has 1 N–H and O–H groups in total. The first-order valence-electron chi connectivity index (χ1n) is 7.51. The van der Waals surface area contributed by atoms with Crippen LogP contribution in [0.5, 0.6) is 0 Å². The fourth-order valence-corrected chi connectivity index (χ4v) is 4.25. The highest BCUT2D eigenvalue weighted by Crippen LogP contribution is 2.29. The second-order valence-electron chi connectivity index (χ2n) is 5.82. The summed E-state index contributed by atoms with van der Waals surface area (Å²) < 4.78 is 25.5. The van der Waals surface area contributed by atoms with Crippen molar-refractivity contribution in [3.63, 3.8) is 0 Å². The molecular weight excluding hydrogens is 419 g/mol. The van der Waals surface area contributed by atoms with E-state index in [1.165, 1.54) is 25.1 Å². The van der Waals surface area contributed by atoms with E-state index in [-0.39, 0.29) is 15.7 Å². The van der Waals surface area contributed by atoms with Gasteiger partial charge >= 0.3 is 0 Å². The lowest BCUT2D eigenvalue weighted by Crippen LogP contribution is -2.45. The minimum Gasteiger partial charge on any atom is -0.324 e. The summed E-state index contributed by atoms with van der Waals surface area (Å²) in [7, 11) is -3.77. The molecule has 0 aliphatic carbocycles. The summed E-state index contributed by atoms with van der Waals surface area (Å²) >= 11 is 18.0. The van der Waals surface area contributed by atoms with Crippen molar-refractivity contribution in [2.45, 2.75) is 19.9 Å². The number of rotatable bonds is 5. The SMILES string of the molecule is Cc1ccc(NC(=O)[C@H](C)N(c2cc(Cl)cc(Cl)c2)S(C)(=O)=O)cc1Cl. The zero-order valence-electron chi connectivity index (χ0n) is 14.3. The third-order valence-corrected chi connectivity index (χ3v) is 5.71. The lowest BCUT2D eigenvalue weighted by Gasteiger charge is -2.28. The average molecular weight is 436 g/mol. The third kappa shape index (κ3) is 5.04. The summed E-state index contributed by atoms with van der Waals surface area (Å²) in [5, 5.41) is 3.69. The van der Waals surface area contributed by atoms with E-state index in [0.29, 0.717) is 10.7 Å². The molecule has 140 valence electrons. The number of sulfonamides is 1. The number of anilines is 2. The molecule has 9 heteroatoms. The van der Waals surface area contributed by atoms with Gasteiger partial charge in [-0.25, -0.2) is 8.42 Å². The van der Waals surface area contributed by atoms with Crippen molar-refractivity contribution in [1.82, 2.24) is 0 Å². The molecule has 2 rings (SSSR count). The molecule has 0 saturated heterocycles. The standard InChI is InChI=1S/C17H17Cl3N2O3S/c1-10-4-5-14(9-16(10)20)21-17(23)11(2)22(26(3,24)25)15-7-12(18)6-13(19)8-15/h4-9,11H,1-3H3,(H,21,23)/t11-/m0/s1. The molecule has 0 saturated carbocycles. The Bertz CT molecular complexity index is 928. The molecule has 1 amide bonds. The van der Waals surface area contributed by atoms with Crippen molar-refractivity contribution in [2.24, 2.45) is 0 Å². The highest BCUT2D eigenvalue weighted by atomic mass is 35.5. The number of aryl methyl sites for hydroxylation is 1. The molecule has 2 aromatic rings. The Morgan fingerprint density at radius 3 is 2.15 bits per heavy atom. The van der Waals surface area contributed by atoms with E-state index in [0.717, 1.165) is 16.1 Å². The molecular formula is C17H17Cl3N2O3S. The number of carbonyl (C=O) groups excluding carboxylic acids is 1. The number of nitrogens with one attached hydrogen (secondary N) is 1. The molecule has 0 spiro atoms. The van der Waals surface area contributed by atoms with Gasteiger partial charge in [-0.2, -0.15) is 0 Å². The van der Waals surface area contributed by atoms with Crippen LogP contribution in [0.3, 0.4) is 0 Å². The van der Waals surface area contributed by atoms with Crippen LogP contribution in [0.4, 0.5) is 11.4 Å². The van der Waals surface area contributed by atoms with E-state index >= 15 is 0 Å². The number of hydrogen-bond donors (Lipinski definition) is 1. The minimum absolute atomic E-state index is 0.203.